The Labute approximate surface area is 98.0 Å². The smallest absolute Gasteiger partial charge is 0.0327 e. The lowest BCUT2D eigenvalue weighted by atomic mass is 9.83. The van der Waals surface area contributed by atoms with Crippen LogP contribution in [0.5, 0.6) is 0 Å². The van der Waals surface area contributed by atoms with Gasteiger partial charge in [0, 0.05) is 16.8 Å². The van der Waals surface area contributed by atoms with E-state index < -0.39 is 0 Å². The SMILES string of the molecule is CCC1(C)CC2(CCS1)CNCCCN2. The first kappa shape index (κ1) is 11.7. The Bertz CT molecular complexity index is 212. The molecule has 2 nitrogen and oxygen atoms in total. The van der Waals surface area contributed by atoms with Gasteiger partial charge in [0.15, 0.2) is 0 Å². The highest BCUT2D eigenvalue weighted by Gasteiger charge is 2.41. The fraction of sp³-hybridized carbons (Fsp3) is 1.00. The molecule has 2 heterocycles. The maximum atomic E-state index is 3.81. The van der Waals surface area contributed by atoms with Crippen LogP contribution in [0.4, 0.5) is 0 Å². The molecule has 2 rings (SSSR count). The van der Waals surface area contributed by atoms with Crippen LogP contribution in [0.2, 0.25) is 0 Å². The molecule has 15 heavy (non-hydrogen) atoms. The van der Waals surface area contributed by atoms with E-state index in [1.165, 1.54) is 51.1 Å². The van der Waals surface area contributed by atoms with Crippen molar-refractivity contribution >= 4 is 11.8 Å². The van der Waals surface area contributed by atoms with Crippen LogP contribution in [0.25, 0.3) is 0 Å². The van der Waals surface area contributed by atoms with E-state index in [4.69, 9.17) is 0 Å². The van der Waals surface area contributed by atoms with Crippen molar-refractivity contribution in [2.24, 2.45) is 0 Å². The molecule has 2 fully saturated rings. The minimum absolute atomic E-state index is 0.395. The second kappa shape index (κ2) is 4.64. The van der Waals surface area contributed by atoms with Gasteiger partial charge in [0.1, 0.15) is 0 Å². The molecular weight excluding hydrogens is 204 g/mol. The zero-order valence-corrected chi connectivity index (χ0v) is 10.9. The quantitative estimate of drug-likeness (QED) is 0.718. The van der Waals surface area contributed by atoms with Crippen molar-refractivity contribution in [2.45, 2.75) is 49.8 Å². The lowest BCUT2D eigenvalue weighted by molar-refractivity contribution is 0.260. The highest BCUT2D eigenvalue weighted by molar-refractivity contribution is 8.00. The first-order valence-corrected chi connectivity index (χ1v) is 7.26. The van der Waals surface area contributed by atoms with E-state index in [1.54, 1.807) is 0 Å². The molecule has 0 saturated carbocycles. The topological polar surface area (TPSA) is 24.1 Å². The van der Waals surface area contributed by atoms with Gasteiger partial charge in [-0.3, -0.25) is 0 Å². The Morgan fingerprint density at radius 1 is 1.33 bits per heavy atom. The largest absolute Gasteiger partial charge is 0.315 e. The number of rotatable bonds is 1. The molecule has 2 unspecified atom stereocenters. The highest BCUT2D eigenvalue weighted by atomic mass is 32.2. The maximum Gasteiger partial charge on any atom is 0.0327 e. The average Bonchev–Trinajstić information content (AvgIpc) is 2.44. The minimum atomic E-state index is 0.395. The summed E-state index contributed by atoms with van der Waals surface area (Å²) in [5, 5.41) is 7.41. The first-order chi connectivity index (χ1) is 7.18. The third kappa shape index (κ3) is 2.69. The van der Waals surface area contributed by atoms with Crippen molar-refractivity contribution in [3.63, 3.8) is 0 Å². The van der Waals surface area contributed by atoms with Gasteiger partial charge in [-0.1, -0.05) is 13.8 Å². The molecule has 2 atom stereocenters. The van der Waals surface area contributed by atoms with Gasteiger partial charge in [-0.15, -0.1) is 0 Å². The molecule has 0 amide bonds. The molecular formula is C12H24N2S. The molecule has 2 aliphatic rings. The van der Waals surface area contributed by atoms with E-state index in [1.807, 2.05) is 0 Å². The Hall–Kier alpha value is 0.270. The summed E-state index contributed by atoms with van der Waals surface area (Å²) in [5.41, 5.74) is 0.395. The molecule has 0 aliphatic carbocycles. The molecule has 3 heteroatoms. The highest BCUT2D eigenvalue weighted by Crippen LogP contribution is 2.43. The Morgan fingerprint density at radius 2 is 2.20 bits per heavy atom. The number of hydrogen-bond donors (Lipinski definition) is 2. The summed E-state index contributed by atoms with van der Waals surface area (Å²) in [6.07, 6.45) is 5.23. The van der Waals surface area contributed by atoms with E-state index in [0.717, 1.165) is 0 Å². The summed E-state index contributed by atoms with van der Waals surface area (Å²) >= 11 is 2.17. The third-order valence-electron chi connectivity index (χ3n) is 3.99. The predicted octanol–water partition coefficient (Wildman–Crippen LogP) is 2.00. The molecule has 0 radical (unpaired) electrons. The molecule has 0 aromatic rings. The summed E-state index contributed by atoms with van der Waals surface area (Å²) in [6.45, 7) is 8.31. The molecule has 0 aromatic carbocycles. The van der Waals surface area contributed by atoms with Crippen molar-refractivity contribution in [3.8, 4) is 0 Å². The Kier molecular flexibility index (Phi) is 3.63. The van der Waals surface area contributed by atoms with E-state index in [9.17, 15) is 0 Å². The average molecular weight is 228 g/mol. The van der Waals surface area contributed by atoms with Crippen LogP contribution in [0.15, 0.2) is 0 Å². The van der Waals surface area contributed by atoms with Crippen LogP contribution in [0.3, 0.4) is 0 Å². The lowest BCUT2D eigenvalue weighted by Gasteiger charge is -2.46. The second-order valence-electron chi connectivity index (χ2n) is 5.32. The minimum Gasteiger partial charge on any atom is -0.315 e. The van der Waals surface area contributed by atoms with E-state index >= 15 is 0 Å². The van der Waals surface area contributed by atoms with Gasteiger partial charge >= 0.3 is 0 Å². The fourth-order valence-corrected chi connectivity index (χ4v) is 4.40. The van der Waals surface area contributed by atoms with Crippen LogP contribution in [0, 0.1) is 0 Å². The van der Waals surface area contributed by atoms with Gasteiger partial charge in [-0.05, 0) is 44.5 Å². The maximum absolute atomic E-state index is 3.81. The fourth-order valence-electron chi connectivity index (χ4n) is 2.83. The van der Waals surface area contributed by atoms with E-state index in [0.29, 0.717) is 10.3 Å². The van der Waals surface area contributed by atoms with Gasteiger partial charge in [0.25, 0.3) is 0 Å². The van der Waals surface area contributed by atoms with Gasteiger partial charge in [0.2, 0.25) is 0 Å². The summed E-state index contributed by atoms with van der Waals surface area (Å²) in [5.74, 6) is 1.32. The number of nitrogens with one attached hydrogen (secondary N) is 2. The monoisotopic (exact) mass is 228 g/mol. The third-order valence-corrected chi connectivity index (χ3v) is 5.52. The normalized spacial score (nSPS) is 42.8. The zero-order chi connectivity index (χ0) is 10.8. The molecule has 0 bridgehead atoms. The zero-order valence-electron chi connectivity index (χ0n) is 10.1. The van der Waals surface area contributed by atoms with Crippen molar-refractivity contribution in [1.29, 1.82) is 0 Å². The van der Waals surface area contributed by atoms with Crippen molar-refractivity contribution in [2.75, 3.05) is 25.4 Å². The molecule has 2 saturated heterocycles. The van der Waals surface area contributed by atoms with E-state index in [2.05, 4.69) is 36.2 Å². The molecule has 2 N–H and O–H groups in total. The van der Waals surface area contributed by atoms with Crippen LogP contribution >= 0.6 is 11.8 Å². The molecule has 0 aromatic heterocycles. The Morgan fingerprint density at radius 3 is 3.00 bits per heavy atom. The number of thioether (sulfide) groups is 1. The van der Waals surface area contributed by atoms with Crippen molar-refractivity contribution in [1.82, 2.24) is 10.6 Å². The number of hydrogen-bond acceptors (Lipinski definition) is 3. The van der Waals surface area contributed by atoms with E-state index in [-0.39, 0.29) is 0 Å². The van der Waals surface area contributed by atoms with Gasteiger partial charge < -0.3 is 10.6 Å². The summed E-state index contributed by atoms with van der Waals surface area (Å²) in [7, 11) is 0. The molecule has 1 spiro atoms. The van der Waals surface area contributed by atoms with Gasteiger partial charge in [-0.25, -0.2) is 0 Å². The molecule has 2 aliphatic heterocycles. The van der Waals surface area contributed by atoms with Crippen LogP contribution in [0.1, 0.15) is 39.5 Å². The van der Waals surface area contributed by atoms with Crippen LogP contribution < -0.4 is 10.6 Å². The summed E-state index contributed by atoms with van der Waals surface area (Å²) in [6, 6.07) is 0. The predicted molar refractivity (Wildman–Crippen MR) is 68.6 cm³/mol. The van der Waals surface area contributed by atoms with Gasteiger partial charge in [-0.2, -0.15) is 11.8 Å². The standard InChI is InChI=1S/C12H24N2S/c1-3-11(2)9-12(5-8-15-11)10-13-6-4-7-14-12/h13-14H,3-10H2,1-2H3. The van der Waals surface area contributed by atoms with Crippen molar-refractivity contribution < 1.29 is 0 Å². The lowest BCUT2D eigenvalue weighted by Crippen LogP contribution is -2.56. The van der Waals surface area contributed by atoms with Gasteiger partial charge in [0.05, 0.1) is 0 Å². The van der Waals surface area contributed by atoms with Crippen LogP contribution in [-0.2, 0) is 0 Å². The van der Waals surface area contributed by atoms with Crippen molar-refractivity contribution in [3.05, 3.63) is 0 Å². The second-order valence-corrected chi connectivity index (χ2v) is 7.00. The first-order valence-electron chi connectivity index (χ1n) is 6.28. The molecule has 88 valence electrons. The van der Waals surface area contributed by atoms with Crippen LogP contribution in [-0.4, -0.2) is 35.7 Å². The summed E-state index contributed by atoms with van der Waals surface area (Å²) in [4.78, 5) is 0. The summed E-state index contributed by atoms with van der Waals surface area (Å²) < 4.78 is 0.497. The Balaban J connectivity index is 2.06.